The molecule has 1 saturated heterocycles. The van der Waals surface area contributed by atoms with Crippen LogP contribution in [0.4, 0.5) is 0 Å². The van der Waals surface area contributed by atoms with Crippen molar-refractivity contribution in [3.05, 3.63) is 0 Å². The zero-order valence-electron chi connectivity index (χ0n) is 6.97. The Morgan fingerprint density at radius 3 is 2.90 bits per heavy atom. The van der Waals surface area contributed by atoms with Crippen LogP contribution in [0, 0.1) is 0 Å². The highest BCUT2D eigenvalue weighted by Gasteiger charge is 2.13. The predicted octanol–water partition coefficient (Wildman–Crippen LogP) is 1.12. The summed E-state index contributed by atoms with van der Waals surface area (Å²) in [4.78, 5) is 2.35. The topological polar surface area (TPSA) is 12.5 Å². The average molecular weight is 143 g/mol. The molecule has 0 N–H and O–H groups in total. The van der Waals surface area contributed by atoms with Crippen LogP contribution in [0.1, 0.15) is 19.3 Å². The highest BCUT2D eigenvalue weighted by Crippen LogP contribution is 2.10. The van der Waals surface area contributed by atoms with E-state index in [9.17, 15) is 0 Å². The van der Waals surface area contributed by atoms with E-state index in [1.807, 2.05) is 7.11 Å². The lowest BCUT2D eigenvalue weighted by atomic mass is 10.2. The molecule has 0 aliphatic carbocycles. The maximum atomic E-state index is 5.30. The lowest BCUT2D eigenvalue weighted by molar-refractivity contribution is 0.0757. The number of hydrogen-bond acceptors (Lipinski definition) is 2. The number of ether oxygens (including phenoxy) is 1. The van der Waals surface area contributed by atoms with Crippen LogP contribution in [0.15, 0.2) is 0 Å². The van der Waals surface area contributed by atoms with E-state index in [1.54, 1.807) is 0 Å². The second-order valence-corrected chi connectivity index (χ2v) is 3.12. The van der Waals surface area contributed by atoms with E-state index in [2.05, 4.69) is 11.9 Å². The molecule has 10 heavy (non-hydrogen) atoms. The summed E-state index contributed by atoms with van der Waals surface area (Å²) in [5.74, 6) is 0. The molecular weight excluding hydrogens is 126 g/mol. The van der Waals surface area contributed by atoms with Crippen LogP contribution >= 0.6 is 0 Å². The van der Waals surface area contributed by atoms with Crippen molar-refractivity contribution < 1.29 is 4.74 Å². The van der Waals surface area contributed by atoms with Crippen LogP contribution < -0.4 is 0 Å². The number of likely N-dealkylation sites (tertiary alicyclic amines) is 1. The summed E-state index contributed by atoms with van der Waals surface area (Å²) in [5.41, 5.74) is 0. The third-order valence-electron chi connectivity index (χ3n) is 2.16. The van der Waals surface area contributed by atoms with E-state index in [0.717, 1.165) is 6.54 Å². The molecule has 1 atom stereocenters. The van der Waals surface area contributed by atoms with Gasteiger partial charge in [0.15, 0.2) is 0 Å². The summed E-state index contributed by atoms with van der Waals surface area (Å²) in [5, 5.41) is 0. The van der Waals surface area contributed by atoms with Crippen molar-refractivity contribution in [2.24, 2.45) is 0 Å². The third-order valence-corrected chi connectivity index (χ3v) is 2.16. The Kier molecular flexibility index (Phi) is 3.16. The lowest BCUT2D eigenvalue weighted by Crippen LogP contribution is -2.28. The number of nitrogens with zero attached hydrogens (tertiary/aromatic N) is 1. The Hall–Kier alpha value is -0.0800. The van der Waals surface area contributed by atoms with Gasteiger partial charge < -0.3 is 9.64 Å². The van der Waals surface area contributed by atoms with Crippen LogP contribution in [0.2, 0.25) is 0 Å². The van der Waals surface area contributed by atoms with E-state index in [4.69, 9.17) is 4.74 Å². The van der Waals surface area contributed by atoms with E-state index >= 15 is 0 Å². The molecule has 0 bridgehead atoms. The van der Waals surface area contributed by atoms with Crippen molar-refractivity contribution in [3.8, 4) is 0 Å². The van der Waals surface area contributed by atoms with Crippen LogP contribution in [-0.4, -0.2) is 38.3 Å². The minimum Gasteiger partial charge on any atom is -0.380 e. The molecule has 1 aliphatic heterocycles. The quantitative estimate of drug-likeness (QED) is 0.545. The van der Waals surface area contributed by atoms with Crippen molar-refractivity contribution in [2.45, 2.75) is 25.4 Å². The van der Waals surface area contributed by atoms with Gasteiger partial charge in [-0.2, -0.15) is 0 Å². The molecule has 0 spiro atoms. The van der Waals surface area contributed by atoms with Gasteiger partial charge >= 0.3 is 0 Å². The fourth-order valence-electron chi connectivity index (χ4n) is 1.48. The molecule has 0 unspecified atom stereocenters. The first-order chi connectivity index (χ1) is 4.83. The van der Waals surface area contributed by atoms with Crippen LogP contribution in [0.3, 0.4) is 0 Å². The van der Waals surface area contributed by atoms with Gasteiger partial charge in [-0.25, -0.2) is 0 Å². The van der Waals surface area contributed by atoms with Gasteiger partial charge in [-0.05, 0) is 32.9 Å². The molecule has 1 heterocycles. The zero-order chi connectivity index (χ0) is 7.40. The summed E-state index contributed by atoms with van der Waals surface area (Å²) in [6.07, 6.45) is 4.37. The maximum Gasteiger partial charge on any atom is 0.0698 e. The first-order valence-corrected chi connectivity index (χ1v) is 4.04. The SMILES string of the molecule is CO[C@H]1CCCCN(C)C1. The molecule has 0 amide bonds. The van der Waals surface area contributed by atoms with Gasteiger partial charge in [0.25, 0.3) is 0 Å². The molecule has 2 nitrogen and oxygen atoms in total. The monoisotopic (exact) mass is 143 g/mol. The zero-order valence-corrected chi connectivity index (χ0v) is 6.97. The molecule has 1 fully saturated rings. The Morgan fingerprint density at radius 2 is 2.20 bits per heavy atom. The second kappa shape index (κ2) is 3.94. The number of rotatable bonds is 1. The number of methoxy groups -OCH3 is 1. The average Bonchev–Trinajstić information content (AvgIpc) is 2.13. The number of hydrogen-bond donors (Lipinski definition) is 0. The molecule has 2 heteroatoms. The molecule has 0 radical (unpaired) electrons. The smallest absolute Gasteiger partial charge is 0.0698 e. The standard InChI is InChI=1S/C8H17NO/c1-9-6-4-3-5-8(7-9)10-2/h8H,3-7H2,1-2H3/t8-/m0/s1. The van der Waals surface area contributed by atoms with E-state index in [1.165, 1.54) is 25.8 Å². The van der Waals surface area contributed by atoms with E-state index in [0.29, 0.717) is 6.10 Å². The van der Waals surface area contributed by atoms with Crippen molar-refractivity contribution in [2.75, 3.05) is 27.2 Å². The summed E-state index contributed by atoms with van der Waals surface area (Å²) in [6, 6.07) is 0. The summed E-state index contributed by atoms with van der Waals surface area (Å²) in [6.45, 7) is 2.34. The molecule has 1 aliphatic rings. The molecule has 0 aromatic rings. The van der Waals surface area contributed by atoms with Crippen molar-refractivity contribution >= 4 is 0 Å². The van der Waals surface area contributed by atoms with Gasteiger partial charge in [-0.1, -0.05) is 0 Å². The molecule has 0 aromatic carbocycles. The van der Waals surface area contributed by atoms with Gasteiger partial charge in [0.2, 0.25) is 0 Å². The molecular formula is C8H17NO. The van der Waals surface area contributed by atoms with Gasteiger partial charge in [-0.15, -0.1) is 0 Å². The van der Waals surface area contributed by atoms with Gasteiger partial charge in [0, 0.05) is 13.7 Å². The predicted molar refractivity (Wildman–Crippen MR) is 42.1 cm³/mol. The largest absolute Gasteiger partial charge is 0.380 e. The van der Waals surface area contributed by atoms with E-state index < -0.39 is 0 Å². The van der Waals surface area contributed by atoms with Gasteiger partial charge in [0.1, 0.15) is 0 Å². The molecule has 0 saturated carbocycles. The van der Waals surface area contributed by atoms with Crippen molar-refractivity contribution in [1.82, 2.24) is 4.90 Å². The van der Waals surface area contributed by atoms with Gasteiger partial charge in [0.05, 0.1) is 6.10 Å². The summed E-state index contributed by atoms with van der Waals surface area (Å²) < 4.78 is 5.30. The Labute approximate surface area is 63.2 Å². The van der Waals surface area contributed by atoms with Crippen molar-refractivity contribution in [3.63, 3.8) is 0 Å². The van der Waals surface area contributed by atoms with Crippen LogP contribution in [-0.2, 0) is 4.74 Å². The second-order valence-electron chi connectivity index (χ2n) is 3.12. The minimum absolute atomic E-state index is 0.479. The highest BCUT2D eigenvalue weighted by atomic mass is 16.5. The molecule has 60 valence electrons. The van der Waals surface area contributed by atoms with Crippen LogP contribution in [0.25, 0.3) is 0 Å². The Balaban J connectivity index is 2.30. The van der Waals surface area contributed by atoms with Crippen LogP contribution in [0.5, 0.6) is 0 Å². The summed E-state index contributed by atoms with van der Waals surface area (Å²) in [7, 11) is 3.97. The van der Waals surface area contributed by atoms with Crippen molar-refractivity contribution in [1.29, 1.82) is 0 Å². The minimum atomic E-state index is 0.479. The third kappa shape index (κ3) is 2.27. The molecule has 0 aromatic heterocycles. The van der Waals surface area contributed by atoms with Gasteiger partial charge in [-0.3, -0.25) is 0 Å². The fourth-order valence-corrected chi connectivity index (χ4v) is 1.48. The normalized spacial score (nSPS) is 30.0. The highest BCUT2D eigenvalue weighted by molar-refractivity contribution is 4.67. The fraction of sp³-hybridized carbons (Fsp3) is 1.00. The lowest BCUT2D eigenvalue weighted by Gasteiger charge is -2.17. The van der Waals surface area contributed by atoms with E-state index in [-0.39, 0.29) is 0 Å². The summed E-state index contributed by atoms with van der Waals surface area (Å²) >= 11 is 0. The Morgan fingerprint density at radius 1 is 1.40 bits per heavy atom. The maximum absolute atomic E-state index is 5.30. The molecule has 1 rings (SSSR count). The Bertz CT molecular complexity index is 95.3. The first-order valence-electron chi connectivity index (χ1n) is 4.04. The number of likely N-dealkylation sites (N-methyl/N-ethyl adjacent to an activating group) is 1. The first kappa shape index (κ1) is 8.02.